The molecule has 0 heterocycles. The van der Waals surface area contributed by atoms with Gasteiger partial charge in [-0.2, -0.15) is 0 Å². The van der Waals surface area contributed by atoms with Crippen LogP contribution in [0.3, 0.4) is 0 Å². The molecule has 22 heavy (non-hydrogen) atoms. The number of unbranched alkanes of at least 4 members (excludes halogenated alkanes) is 11. The average Bonchev–Trinajstić information content (AvgIpc) is 2.43. The Hall–Kier alpha value is 0.500. The van der Waals surface area contributed by atoms with Crippen molar-refractivity contribution in [3.63, 3.8) is 0 Å². The maximum absolute atomic E-state index is 10.3. The van der Waals surface area contributed by atoms with E-state index in [9.17, 15) is 4.79 Å². The van der Waals surface area contributed by atoms with Crippen LogP contribution in [0.5, 0.6) is 0 Å². The number of hydrogen-bond donors (Lipinski definition) is 1. The summed E-state index contributed by atoms with van der Waals surface area (Å²) in [6.45, 7) is 2.26. The van der Waals surface area contributed by atoms with Crippen LogP contribution in [-0.2, 0) is 4.79 Å². The fourth-order valence-corrected chi connectivity index (χ4v) is 2.35. The third kappa shape index (κ3) is 25.5. The van der Waals surface area contributed by atoms with E-state index in [-0.39, 0.29) is 42.0 Å². The number of allylic oxidation sites excluding steroid dienone is 2. The molecular formula is C18H36ClNaO2. The molecule has 0 fully saturated rings. The Morgan fingerprint density at radius 3 is 1.64 bits per heavy atom. The first-order valence-electron chi connectivity index (χ1n) is 8.64. The fourth-order valence-electron chi connectivity index (χ4n) is 2.35. The summed E-state index contributed by atoms with van der Waals surface area (Å²) in [4.78, 5) is 10.3. The van der Waals surface area contributed by atoms with Gasteiger partial charge in [-0.1, -0.05) is 70.4 Å². The van der Waals surface area contributed by atoms with Gasteiger partial charge in [0, 0.05) is 6.42 Å². The fraction of sp³-hybridized carbons (Fsp3) is 0.833. The summed E-state index contributed by atoms with van der Waals surface area (Å²) in [6.07, 6.45) is 21.2. The van der Waals surface area contributed by atoms with Gasteiger partial charge in [0.15, 0.2) is 0 Å². The molecular weight excluding hydrogens is 307 g/mol. The molecule has 0 aliphatic heterocycles. The van der Waals surface area contributed by atoms with Gasteiger partial charge in [-0.25, -0.2) is 0 Å². The Morgan fingerprint density at radius 2 is 1.18 bits per heavy atom. The van der Waals surface area contributed by atoms with Gasteiger partial charge in [0.1, 0.15) is 0 Å². The van der Waals surface area contributed by atoms with E-state index in [1.54, 1.807) is 0 Å². The predicted molar refractivity (Wildman–Crippen MR) is 101 cm³/mol. The summed E-state index contributed by atoms with van der Waals surface area (Å²) in [5.74, 6) is -0.664. The molecule has 0 saturated carbocycles. The van der Waals surface area contributed by atoms with E-state index < -0.39 is 5.97 Å². The SMILES string of the molecule is CCCCCCCC/C=C\CCCCCCCC(=O)O.Cl.[NaH]. The Labute approximate surface area is 166 Å². The minimum absolute atomic E-state index is 0. The van der Waals surface area contributed by atoms with E-state index in [0.717, 1.165) is 12.8 Å². The molecule has 0 amide bonds. The van der Waals surface area contributed by atoms with Crippen molar-refractivity contribution in [3.05, 3.63) is 12.2 Å². The van der Waals surface area contributed by atoms with E-state index in [0.29, 0.717) is 6.42 Å². The minimum atomic E-state index is -0.664. The van der Waals surface area contributed by atoms with Crippen LogP contribution in [0, 0.1) is 0 Å². The normalized spacial score (nSPS) is 10.2. The van der Waals surface area contributed by atoms with Gasteiger partial charge < -0.3 is 5.11 Å². The average molecular weight is 343 g/mol. The van der Waals surface area contributed by atoms with Crippen LogP contribution in [0.15, 0.2) is 12.2 Å². The molecule has 0 saturated heterocycles. The van der Waals surface area contributed by atoms with Crippen LogP contribution in [0.25, 0.3) is 0 Å². The number of hydrogen-bond acceptors (Lipinski definition) is 1. The van der Waals surface area contributed by atoms with Crippen molar-refractivity contribution in [2.24, 2.45) is 0 Å². The van der Waals surface area contributed by atoms with Gasteiger partial charge >= 0.3 is 35.5 Å². The zero-order valence-corrected chi connectivity index (χ0v) is 14.6. The van der Waals surface area contributed by atoms with Crippen LogP contribution in [0.1, 0.15) is 96.8 Å². The quantitative estimate of drug-likeness (QED) is 0.229. The second-order valence-electron chi connectivity index (χ2n) is 5.73. The second kappa shape index (κ2) is 23.8. The molecule has 128 valence electrons. The summed E-state index contributed by atoms with van der Waals surface area (Å²) in [5, 5.41) is 8.51. The summed E-state index contributed by atoms with van der Waals surface area (Å²) >= 11 is 0. The van der Waals surface area contributed by atoms with Gasteiger partial charge in [0.2, 0.25) is 0 Å². The van der Waals surface area contributed by atoms with Crippen molar-refractivity contribution in [1.82, 2.24) is 0 Å². The van der Waals surface area contributed by atoms with E-state index in [2.05, 4.69) is 19.1 Å². The first kappa shape index (κ1) is 27.4. The third-order valence-corrected chi connectivity index (χ3v) is 3.65. The number of carbonyl (C=O) groups is 1. The maximum atomic E-state index is 10.3. The standard InChI is InChI=1S/C18H34O2.ClH.Na.H/c1-2-3-4-5-6-7-8-9-10-11-12-13-14-15-16-17-18(19)20;;;/h9-10H,2-8,11-17H2,1H3,(H,19,20);1H;;/b10-9-;;;. The third-order valence-electron chi connectivity index (χ3n) is 3.65. The van der Waals surface area contributed by atoms with E-state index >= 15 is 0 Å². The van der Waals surface area contributed by atoms with Crippen LogP contribution in [-0.4, -0.2) is 40.6 Å². The summed E-state index contributed by atoms with van der Waals surface area (Å²) in [5.41, 5.74) is 0. The number of rotatable bonds is 15. The van der Waals surface area contributed by atoms with E-state index in [4.69, 9.17) is 5.11 Å². The molecule has 2 nitrogen and oxygen atoms in total. The van der Waals surface area contributed by atoms with Crippen LogP contribution in [0.4, 0.5) is 0 Å². The molecule has 1 N–H and O–H groups in total. The molecule has 0 bridgehead atoms. The second-order valence-corrected chi connectivity index (χ2v) is 5.73. The Kier molecular flexibility index (Phi) is 29.5. The number of carboxylic acids is 1. The van der Waals surface area contributed by atoms with Gasteiger partial charge in [-0.3, -0.25) is 4.79 Å². The van der Waals surface area contributed by atoms with Crippen molar-refractivity contribution in [2.45, 2.75) is 96.8 Å². The zero-order chi connectivity index (χ0) is 14.9. The Balaban J connectivity index is -0.00000180. The molecule has 0 spiro atoms. The predicted octanol–water partition coefficient (Wildman–Crippen LogP) is 5.88. The number of halogens is 1. The molecule has 0 rings (SSSR count). The van der Waals surface area contributed by atoms with Crippen molar-refractivity contribution < 1.29 is 9.90 Å². The summed E-state index contributed by atoms with van der Waals surface area (Å²) < 4.78 is 0. The first-order valence-corrected chi connectivity index (χ1v) is 8.64. The van der Waals surface area contributed by atoms with Gasteiger partial charge in [0.25, 0.3) is 0 Å². The molecule has 0 aliphatic rings. The molecule has 0 atom stereocenters. The van der Waals surface area contributed by atoms with Gasteiger partial charge in [-0.15, -0.1) is 12.4 Å². The first-order chi connectivity index (χ1) is 9.77. The van der Waals surface area contributed by atoms with Crippen molar-refractivity contribution >= 4 is 47.9 Å². The Morgan fingerprint density at radius 1 is 0.773 bits per heavy atom. The van der Waals surface area contributed by atoms with Crippen molar-refractivity contribution in [2.75, 3.05) is 0 Å². The topological polar surface area (TPSA) is 37.3 Å². The molecule has 0 aliphatic carbocycles. The molecule has 0 radical (unpaired) electrons. The van der Waals surface area contributed by atoms with Crippen LogP contribution >= 0.6 is 12.4 Å². The van der Waals surface area contributed by atoms with Gasteiger partial charge in [0.05, 0.1) is 0 Å². The molecule has 0 aromatic carbocycles. The van der Waals surface area contributed by atoms with Crippen molar-refractivity contribution in [1.29, 1.82) is 0 Å². The van der Waals surface area contributed by atoms with E-state index in [1.807, 2.05) is 0 Å². The van der Waals surface area contributed by atoms with E-state index in [1.165, 1.54) is 70.6 Å². The van der Waals surface area contributed by atoms with Gasteiger partial charge in [-0.05, 0) is 32.1 Å². The molecule has 0 aromatic rings. The summed E-state index contributed by atoms with van der Waals surface area (Å²) in [7, 11) is 0. The van der Waals surface area contributed by atoms with Crippen LogP contribution < -0.4 is 0 Å². The monoisotopic (exact) mass is 342 g/mol. The van der Waals surface area contributed by atoms with Crippen LogP contribution in [0.2, 0.25) is 0 Å². The molecule has 0 unspecified atom stereocenters. The number of aliphatic carboxylic acids is 1. The number of carboxylic acid groups (broad SMARTS) is 1. The molecule has 4 heteroatoms. The molecule has 0 aromatic heterocycles. The Bertz CT molecular complexity index is 245. The van der Waals surface area contributed by atoms with Crippen molar-refractivity contribution in [3.8, 4) is 0 Å². The zero-order valence-electron chi connectivity index (χ0n) is 13.8. The summed E-state index contributed by atoms with van der Waals surface area (Å²) in [6, 6.07) is 0.